The minimum atomic E-state index is -0.763. The normalized spacial score (nSPS) is 12.8. The fourth-order valence-electron chi connectivity index (χ4n) is 2.29. The van der Waals surface area contributed by atoms with Crippen molar-refractivity contribution in [1.82, 2.24) is 9.38 Å². The number of aliphatic hydroxyl groups excluding tert-OH is 1. The predicted octanol–water partition coefficient (Wildman–Crippen LogP) is 3.20. The van der Waals surface area contributed by atoms with Crippen LogP contribution in [-0.2, 0) is 0 Å². The highest BCUT2D eigenvalue weighted by atomic mass is 16.5. The van der Waals surface area contributed by atoms with Gasteiger partial charge in [0.2, 0.25) is 0 Å². The Labute approximate surface area is 123 Å². The number of hydrogen-bond acceptors (Lipinski definition) is 3. The third kappa shape index (κ3) is 2.90. The Hall–Kier alpha value is -2.33. The van der Waals surface area contributed by atoms with Gasteiger partial charge < -0.3 is 14.2 Å². The minimum Gasteiger partial charge on any atom is -0.491 e. The largest absolute Gasteiger partial charge is 0.491 e. The van der Waals surface area contributed by atoms with Gasteiger partial charge in [-0.05, 0) is 43.7 Å². The summed E-state index contributed by atoms with van der Waals surface area (Å²) in [5.74, 6) is 0.755. The quantitative estimate of drug-likeness (QED) is 0.799. The maximum Gasteiger partial charge on any atom is 0.137 e. The number of imidazole rings is 1. The summed E-state index contributed by atoms with van der Waals surface area (Å²) < 4.78 is 7.56. The number of pyridine rings is 1. The fourth-order valence-corrected chi connectivity index (χ4v) is 2.29. The van der Waals surface area contributed by atoms with Crippen LogP contribution in [0.4, 0.5) is 0 Å². The van der Waals surface area contributed by atoms with Crippen LogP contribution in [0.15, 0.2) is 54.9 Å². The van der Waals surface area contributed by atoms with Crippen LogP contribution in [0.25, 0.3) is 5.65 Å². The van der Waals surface area contributed by atoms with Gasteiger partial charge in [0.25, 0.3) is 0 Å². The van der Waals surface area contributed by atoms with E-state index in [4.69, 9.17) is 4.74 Å². The van der Waals surface area contributed by atoms with Gasteiger partial charge in [-0.25, -0.2) is 4.98 Å². The van der Waals surface area contributed by atoms with Crippen LogP contribution in [0.1, 0.15) is 31.2 Å². The van der Waals surface area contributed by atoms with Crippen LogP contribution in [0.5, 0.6) is 5.75 Å². The fraction of sp³-hybridized carbons (Fsp3) is 0.235. The second-order valence-electron chi connectivity index (χ2n) is 5.27. The third-order valence-electron chi connectivity index (χ3n) is 3.21. The summed E-state index contributed by atoms with van der Waals surface area (Å²) in [5.41, 5.74) is 2.22. The van der Waals surface area contributed by atoms with E-state index in [1.165, 1.54) is 0 Å². The molecule has 2 aromatic heterocycles. The lowest BCUT2D eigenvalue weighted by Gasteiger charge is -2.13. The molecule has 0 saturated heterocycles. The van der Waals surface area contributed by atoms with Crippen molar-refractivity contribution in [2.75, 3.05) is 0 Å². The van der Waals surface area contributed by atoms with E-state index in [2.05, 4.69) is 4.98 Å². The Balaban J connectivity index is 1.92. The van der Waals surface area contributed by atoms with Crippen molar-refractivity contribution >= 4 is 5.65 Å². The van der Waals surface area contributed by atoms with E-state index in [9.17, 15) is 5.11 Å². The highest BCUT2D eigenvalue weighted by Gasteiger charge is 2.15. The molecule has 0 spiro atoms. The first kappa shape index (κ1) is 13.6. The minimum absolute atomic E-state index is 0.104. The van der Waals surface area contributed by atoms with Gasteiger partial charge in [0.1, 0.15) is 17.5 Å². The Morgan fingerprint density at radius 2 is 2.00 bits per heavy atom. The zero-order valence-electron chi connectivity index (χ0n) is 12.1. The molecule has 1 unspecified atom stereocenters. The molecule has 108 valence electrons. The number of aliphatic hydroxyl groups is 1. The molecule has 0 aliphatic carbocycles. The van der Waals surface area contributed by atoms with Gasteiger partial charge in [-0.3, -0.25) is 0 Å². The average molecular weight is 282 g/mol. The molecule has 2 heterocycles. The molecular weight excluding hydrogens is 264 g/mol. The zero-order valence-corrected chi connectivity index (χ0v) is 12.1. The highest BCUT2D eigenvalue weighted by Crippen LogP contribution is 2.25. The second kappa shape index (κ2) is 5.58. The molecule has 0 aliphatic rings. The summed E-state index contributed by atoms with van der Waals surface area (Å²) in [7, 11) is 0. The van der Waals surface area contributed by atoms with E-state index in [0.29, 0.717) is 5.69 Å². The van der Waals surface area contributed by atoms with Crippen LogP contribution < -0.4 is 4.74 Å². The Bertz CT molecular complexity index is 716. The first-order valence-corrected chi connectivity index (χ1v) is 7.02. The number of nitrogens with zero attached hydrogens (tertiary/aromatic N) is 2. The van der Waals surface area contributed by atoms with Crippen LogP contribution in [0, 0.1) is 0 Å². The first-order valence-electron chi connectivity index (χ1n) is 7.02. The monoisotopic (exact) mass is 282 g/mol. The molecule has 0 saturated carbocycles. The molecule has 1 aromatic carbocycles. The van der Waals surface area contributed by atoms with Gasteiger partial charge in [0.05, 0.1) is 11.8 Å². The molecular formula is C17H18N2O2. The van der Waals surface area contributed by atoms with Gasteiger partial charge in [-0.1, -0.05) is 18.2 Å². The van der Waals surface area contributed by atoms with Crippen LogP contribution >= 0.6 is 0 Å². The molecule has 0 amide bonds. The molecule has 0 aliphatic heterocycles. The van der Waals surface area contributed by atoms with E-state index in [-0.39, 0.29) is 6.10 Å². The second-order valence-corrected chi connectivity index (χ2v) is 5.27. The van der Waals surface area contributed by atoms with E-state index in [0.717, 1.165) is 17.0 Å². The molecule has 0 fully saturated rings. The van der Waals surface area contributed by atoms with Crippen molar-refractivity contribution in [2.45, 2.75) is 26.1 Å². The zero-order chi connectivity index (χ0) is 14.8. The van der Waals surface area contributed by atoms with E-state index < -0.39 is 6.10 Å². The van der Waals surface area contributed by atoms with Gasteiger partial charge in [-0.2, -0.15) is 0 Å². The Kier molecular flexibility index (Phi) is 3.62. The van der Waals surface area contributed by atoms with Crippen LogP contribution in [0.2, 0.25) is 0 Å². The summed E-state index contributed by atoms with van der Waals surface area (Å²) >= 11 is 0. The summed E-state index contributed by atoms with van der Waals surface area (Å²) in [5, 5.41) is 10.5. The number of hydrogen-bond donors (Lipinski definition) is 1. The van der Waals surface area contributed by atoms with Gasteiger partial charge in [0.15, 0.2) is 0 Å². The van der Waals surface area contributed by atoms with E-state index in [1.807, 2.05) is 73.1 Å². The Morgan fingerprint density at radius 3 is 2.76 bits per heavy atom. The van der Waals surface area contributed by atoms with Gasteiger partial charge in [-0.15, -0.1) is 0 Å². The SMILES string of the molecule is CC(C)Oc1cccc(C(O)c2cn3ccccc3n2)c1. The summed E-state index contributed by atoms with van der Waals surface area (Å²) in [6.45, 7) is 3.95. The predicted molar refractivity (Wildman–Crippen MR) is 81.5 cm³/mol. The molecule has 0 bridgehead atoms. The molecule has 3 aromatic rings. The maximum absolute atomic E-state index is 10.5. The highest BCUT2D eigenvalue weighted by molar-refractivity contribution is 5.42. The van der Waals surface area contributed by atoms with E-state index >= 15 is 0 Å². The molecule has 1 atom stereocenters. The van der Waals surface area contributed by atoms with Crippen LogP contribution in [0.3, 0.4) is 0 Å². The lowest BCUT2D eigenvalue weighted by molar-refractivity contribution is 0.212. The topological polar surface area (TPSA) is 46.8 Å². The number of ether oxygens (including phenoxy) is 1. The first-order chi connectivity index (χ1) is 10.1. The number of aromatic nitrogens is 2. The smallest absolute Gasteiger partial charge is 0.137 e. The van der Waals surface area contributed by atoms with Crippen LogP contribution in [-0.4, -0.2) is 20.6 Å². The lowest BCUT2D eigenvalue weighted by Crippen LogP contribution is -2.06. The van der Waals surface area contributed by atoms with Crippen molar-refractivity contribution in [3.63, 3.8) is 0 Å². The number of benzene rings is 1. The van der Waals surface area contributed by atoms with E-state index in [1.54, 1.807) is 0 Å². The lowest BCUT2D eigenvalue weighted by atomic mass is 10.1. The molecule has 3 rings (SSSR count). The molecule has 21 heavy (non-hydrogen) atoms. The number of fused-ring (bicyclic) bond motifs is 1. The van der Waals surface area contributed by atoms with Crippen molar-refractivity contribution in [3.8, 4) is 5.75 Å². The third-order valence-corrected chi connectivity index (χ3v) is 3.21. The summed E-state index contributed by atoms with van der Waals surface area (Å²) in [6.07, 6.45) is 3.10. The van der Waals surface area contributed by atoms with Crippen molar-refractivity contribution in [3.05, 3.63) is 66.1 Å². The molecule has 0 radical (unpaired) electrons. The van der Waals surface area contributed by atoms with Crippen molar-refractivity contribution in [2.24, 2.45) is 0 Å². The van der Waals surface area contributed by atoms with Crippen molar-refractivity contribution < 1.29 is 9.84 Å². The Morgan fingerprint density at radius 1 is 1.14 bits per heavy atom. The maximum atomic E-state index is 10.5. The standard InChI is InChI=1S/C17H18N2O2/c1-12(2)21-14-7-5-6-13(10-14)17(20)15-11-19-9-4-3-8-16(19)18-15/h3-12,17,20H,1-2H3. The average Bonchev–Trinajstić information content (AvgIpc) is 2.90. The molecule has 4 heteroatoms. The summed E-state index contributed by atoms with van der Waals surface area (Å²) in [6, 6.07) is 13.3. The number of rotatable bonds is 4. The molecule has 4 nitrogen and oxygen atoms in total. The van der Waals surface area contributed by atoms with Gasteiger partial charge >= 0.3 is 0 Å². The van der Waals surface area contributed by atoms with Gasteiger partial charge in [0, 0.05) is 12.4 Å². The summed E-state index contributed by atoms with van der Waals surface area (Å²) in [4.78, 5) is 4.45. The van der Waals surface area contributed by atoms with Crippen molar-refractivity contribution in [1.29, 1.82) is 0 Å². The molecule has 1 N–H and O–H groups in total.